The Morgan fingerprint density at radius 2 is 2.19 bits per heavy atom. The summed E-state index contributed by atoms with van der Waals surface area (Å²) in [5.74, 6) is -1.40. The molecule has 0 radical (unpaired) electrons. The summed E-state index contributed by atoms with van der Waals surface area (Å²) in [5.41, 5.74) is 6.54. The number of hydrogen-bond donors (Lipinski definition) is 3. The molecule has 8 nitrogen and oxygen atoms in total. The summed E-state index contributed by atoms with van der Waals surface area (Å²) in [6, 6.07) is 4.88. The third kappa shape index (κ3) is 3.78. The van der Waals surface area contributed by atoms with E-state index in [0.29, 0.717) is 28.8 Å². The predicted molar refractivity (Wildman–Crippen MR) is 77.9 cm³/mol. The SMILES string of the molecule is Nc1ccc(C(=O)NCCn2cc(C(=O)O)nn2)cc1Br. The van der Waals surface area contributed by atoms with Gasteiger partial charge in [-0.1, -0.05) is 5.21 Å². The van der Waals surface area contributed by atoms with Gasteiger partial charge in [0.25, 0.3) is 5.91 Å². The van der Waals surface area contributed by atoms with Gasteiger partial charge in [-0.2, -0.15) is 0 Å². The van der Waals surface area contributed by atoms with Crippen molar-refractivity contribution in [1.29, 1.82) is 0 Å². The Morgan fingerprint density at radius 1 is 1.43 bits per heavy atom. The molecule has 0 fully saturated rings. The maximum absolute atomic E-state index is 11.9. The van der Waals surface area contributed by atoms with E-state index in [4.69, 9.17) is 10.8 Å². The molecule has 1 amide bonds. The molecule has 0 saturated heterocycles. The van der Waals surface area contributed by atoms with Crippen molar-refractivity contribution in [3.8, 4) is 0 Å². The molecule has 0 bridgehead atoms. The fraction of sp³-hybridized carbons (Fsp3) is 0.167. The summed E-state index contributed by atoms with van der Waals surface area (Å²) in [5, 5.41) is 18.5. The van der Waals surface area contributed by atoms with E-state index in [9.17, 15) is 9.59 Å². The van der Waals surface area contributed by atoms with Gasteiger partial charge in [-0.3, -0.25) is 4.79 Å². The van der Waals surface area contributed by atoms with Crippen molar-refractivity contribution in [2.24, 2.45) is 0 Å². The van der Waals surface area contributed by atoms with E-state index in [1.807, 2.05) is 0 Å². The number of nitrogen functional groups attached to an aromatic ring is 1. The van der Waals surface area contributed by atoms with Crippen LogP contribution in [0.1, 0.15) is 20.8 Å². The average molecular weight is 354 g/mol. The summed E-state index contributed by atoms with van der Waals surface area (Å²) in [4.78, 5) is 22.5. The van der Waals surface area contributed by atoms with Crippen LogP contribution in [0, 0.1) is 0 Å². The van der Waals surface area contributed by atoms with Gasteiger partial charge < -0.3 is 16.2 Å². The van der Waals surface area contributed by atoms with Crippen molar-refractivity contribution in [3.63, 3.8) is 0 Å². The molecule has 2 aromatic rings. The minimum Gasteiger partial charge on any atom is -0.476 e. The summed E-state index contributed by atoms with van der Waals surface area (Å²) in [6.07, 6.45) is 1.30. The Balaban J connectivity index is 1.88. The normalized spacial score (nSPS) is 10.3. The lowest BCUT2D eigenvalue weighted by molar-refractivity contribution is 0.0690. The number of anilines is 1. The summed E-state index contributed by atoms with van der Waals surface area (Å²) in [7, 11) is 0. The standard InChI is InChI=1S/C12H12BrN5O3/c13-8-5-7(1-2-9(8)14)11(19)15-3-4-18-6-10(12(20)21)16-17-18/h1-2,5-6H,3-4,14H2,(H,15,19)(H,20,21). The van der Waals surface area contributed by atoms with Crippen molar-refractivity contribution in [3.05, 3.63) is 40.1 Å². The van der Waals surface area contributed by atoms with Gasteiger partial charge in [-0.25, -0.2) is 9.48 Å². The second kappa shape index (κ2) is 6.35. The summed E-state index contributed by atoms with van der Waals surface area (Å²) in [6.45, 7) is 0.616. The van der Waals surface area contributed by atoms with Crippen LogP contribution < -0.4 is 11.1 Å². The number of carbonyl (C=O) groups excluding carboxylic acids is 1. The van der Waals surface area contributed by atoms with Crippen molar-refractivity contribution >= 4 is 33.5 Å². The van der Waals surface area contributed by atoms with Crippen molar-refractivity contribution < 1.29 is 14.7 Å². The van der Waals surface area contributed by atoms with Crippen LogP contribution in [0.5, 0.6) is 0 Å². The topological polar surface area (TPSA) is 123 Å². The lowest BCUT2D eigenvalue weighted by Gasteiger charge is -2.06. The lowest BCUT2D eigenvalue weighted by atomic mass is 10.2. The number of nitrogens with zero attached hydrogens (tertiary/aromatic N) is 3. The van der Waals surface area contributed by atoms with E-state index in [0.717, 1.165) is 0 Å². The molecular formula is C12H12BrN5O3. The number of hydrogen-bond acceptors (Lipinski definition) is 5. The molecule has 4 N–H and O–H groups in total. The lowest BCUT2D eigenvalue weighted by Crippen LogP contribution is -2.27. The Hall–Kier alpha value is -2.42. The summed E-state index contributed by atoms with van der Waals surface area (Å²) < 4.78 is 2.00. The Labute approximate surface area is 128 Å². The van der Waals surface area contributed by atoms with Gasteiger partial charge in [0, 0.05) is 22.3 Å². The van der Waals surface area contributed by atoms with Gasteiger partial charge in [0.2, 0.25) is 0 Å². The molecule has 0 aliphatic heterocycles. The number of halogens is 1. The van der Waals surface area contributed by atoms with Gasteiger partial charge in [0.15, 0.2) is 5.69 Å². The molecule has 21 heavy (non-hydrogen) atoms. The maximum Gasteiger partial charge on any atom is 0.358 e. The number of nitrogens with two attached hydrogens (primary N) is 1. The first kappa shape index (κ1) is 15.0. The number of rotatable bonds is 5. The van der Waals surface area contributed by atoms with Gasteiger partial charge in [0.05, 0.1) is 12.7 Å². The van der Waals surface area contributed by atoms with Gasteiger partial charge >= 0.3 is 5.97 Å². The molecule has 1 aromatic heterocycles. The zero-order valence-electron chi connectivity index (χ0n) is 10.8. The van der Waals surface area contributed by atoms with Gasteiger partial charge in [-0.05, 0) is 34.1 Å². The largest absolute Gasteiger partial charge is 0.476 e. The quantitative estimate of drug-likeness (QED) is 0.681. The maximum atomic E-state index is 11.9. The first-order valence-electron chi connectivity index (χ1n) is 5.94. The minimum absolute atomic E-state index is 0.135. The number of aromatic carboxylic acids is 1. The third-order valence-electron chi connectivity index (χ3n) is 2.65. The van der Waals surface area contributed by atoms with Gasteiger partial charge in [0.1, 0.15) is 0 Å². The smallest absolute Gasteiger partial charge is 0.358 e. The van der Waals surface area contributed by atoms with E-state index in [1.54, 1.807) is 18.2 Å². The first-order valence-corrected chi connectivity index (χ1v) is 6.73. The molecule has 0 spiro atoms. The van der Waals surface area contributed by atoms with Gasteiger partial charge in [-0.15, -0.1) is 5.10 Å². The van der Waals surface area contributed by atoms with Crippen LogP contribution in [0.4, 0.5) is 5.69 Å². The fourth-order valence-electron chi connectivity index (χ4n) is 1.56. The van der Waals surface area contributed by atoms with Crippen LogP contribution in [-0.4, -0.2) is 38.5 Å². The monoisotopic (exact) mass is 353 g/mol. The molecule has 110 valence electrons. The highest BCUT2D eigenvalue weighted by Crippen LogP contribution is 2.20. The van der Waals surface area contributed by atoms with Crippen molar-refractivity contribution in [1.82, 2.24) is 20.3 Å². The number of benzene rings is 1. The second-order valence-corrected chi connectivity index (χ2v) is 5.02. The molecule has 0 aliphatic carbocycles. The van der Waals surface area contributed by atoms with Crippen LogP contribution in [0.25, 0.3) is 0 Å². The highest BCUT2D eigenvalue weighted by Gasteiger charge is 2.09. The molecular weight excluding hydrogens is 342 g/mol. The zero-order valence-corrected chi connectivity index (χ0v) is 12.4. The van der Waals surface area contributed by atoms with E-state index in [2.05, 4.69) is 31.6 Å². The third-order valence-corrected chi connectivity index (χ3v) is 3.33. The molecule has 0 aliphatic rings. The van der Waals surface area contributed by atoms with Crippen LogP contribution in [-0.2, 0) is 6.54 Å². The molecule has 1 heterocycles. The Morgan fingerprint density at radius 3 is 2.81 bits per heavy atom. The number of aromatic nitrogens is 3. The minimum atomic E-state index is -1.14. The molecule has 2 rings (SSSR count). The zero-order chi connectivity index (χ0) is 15.4. The highest BCUT2D eigenvalue weighted by molar-refractivity contribution is 9.10. The van der Waals surface area contributed by atoms with E-state index < -0.39 is 5.97 Å². The fourth-order valence-corrected chi connectivity index (χ4v) is 1.94. The van der Waals surface area contributed by atoms with Crippen molar-refractivity contribution in [2.45, 2.75) is 6.54 Å². The number of amides is 1. The van der Waals surface area contributed by atoms with Crippen molar-refractivity contribution in [2.75, 3.05) is 12.3 Å². The molecule has 9 heteroatoms. The van der Waals surface area contributed by atoms with E-state index >= 15 is 0 Å². The number of nitrogens with one attached hydrogen (secondary N) is 1. The predicted octanol–water partition coefficient (Wildman–Crippen LogP) is 0.751. The number of carboxylic acid groups (broad SMARTS) is 1. The summed E-state index contributed by atoms with van der Waals surface area (Å²) >= 11 is 3.25. The van der Waals surface area contributed by atoms with Crippen LogP contribution in [0.2, 0.25) is 0 Å². The Kier molecular flexibility index (Phi) is 4.53. The van der Waals surface area contributed by atoms with E-state index in [1.165, 1.54) is 10.9 Å². The van der Waals surface area contributed by atoms with Crippen LogP contribution >= 0.6 is 15.9 Å². The molecule has 0 saturated carbocycles. The first-order chi connectivity index (χ1) is 9.97. The molecule has 0 unspecified atom stereocenters. The number of carbonyl (C=O) groups is 2. The average Bonchev–Trinajstić information content (AvgIpc) is 2.91. The van der Waals surface area contributed by atoms with E-state index in [-0.39, 0.29) is 11.6 Å². The van der Waals surface area contributed by atoms with Crippen LogP contribution in [0.3, 0.4) is 0 Å². The second-order valence-electron chi connectivity index (χ2n) is 4.16. The Bertz CT molecular complexity index is 685. The number of carboxylic acids is 1. The molecule has 0 atom stereocenters. The molecule has 1 aromatic carbocycles. The highest BCUT2D eigenvalue weighted by atomic mass is 79.9. The van der Waals surface area contributed by atoms with Crippen LogP contribution in [0.15, 0.2) is 28.9 Å².